The lowest BCUT2D eigenvalue weighted by Crippen LogP contribution is -2.19. The molecule has 1 N–H and O–H groups in total. The molecule has 0 radical (unpaired) electrons. The van der Waals surface area contributed by atoms with Crippen molar-refractivity contribution < 1.29 is 14.3 Å². The van der Waals surface area contributed by atoms with Gasteiger partial charge < -0.3 is 14.8 Å². The molecular formula is C18H19N3O3. The van der Waals surface area contributed by atoms with Crippen LogP contribution in [0.3, 0.4) is 0 Å². The van der Waals surface area contributed by atoms with Crippen LogP contribution >= 0.6 is 0 Å². The van der Waals surface area contributed by atoms with Gasteiger partial charge in [-0.3, -0.25) is 4.79 Å². The number of carbonyl (C=O) groups is 1. The lowest BCUT2D eigenvalue weighted by molar-refractivity contribution is -0.118. The van der Waals surface area contributed by atoms with Gasteiger partial charge >= 0.3 is 0 Å². The van der Waals surface area contributed by atoms with Gasteiger partial charge in [0.15, 0.2) is 6.61 Å². The number of rotatable bonds is 7. The quantitative estimate of drug-likeness (QED) is 0.725. The Bertz CT molecular complexity index is 829. The number of ether oxygens (including phenoxy) is 2. The van der Waals surface area contributed by atoms with Gasteiger partial charge in [-0.15, -0.1) is 0 Å². The molecule has 0 atom stereocenters. The zero-order valence-electron chi connectivity index (χ0n) is 13.4. The number of fused-ring (bicyclic) bond motifs is 1. The first-order valence-electron chi connectivity index (χ1n) is 7.76. The standard InChI is InChI=1S/C18H19N3O3/c1-2-23-13-21-11-16(10-19-21)20-18(22)12-24-17-8-7-14-5-3-4-6-15(14)9-17/h3-11H,2,12-13H2,1H3,(H,20,22). The number of hydrogen-bond donors (Lipinski definition) is 1. The zero-order chi connectivity index (χ0) is 16.8. The highest BCUT2D eigenvalue weighted by atomic mass is 16.5. The third kappa shape index (κ3) is 4.11. The smallest absolute Gasteiger partial charge is 0.262 e. The topological polar surface area (TPSA) is 65.4 Å². The van der Waals surface area contributed by atoms with Gasteiger partial charge in [-0.25, -0.2) is 4.68 Å². The summed E-state index contributed by atoms with van der Waals surface area (Å²) in [6.07, 6.45) is 3.29. The number of nitrogens with zero attached hydrogens (tertiary/aromatic N) is 2. The second-order valence-corrected chi connectivity index (χ2v) is 5.24. The van der Waals surface area contributed by atoms with Crippen LogP contribution in [-0.2, 0) is 16.3 Å². The third-order valence-corrected chi connectivity index (χ3v) is 3.44. The molecule has 0 aliphatic rings. The first-order valence-corrected chi connectivity index (χ1v) is 7.76. The van der Waals surface area contributed by atoms with E-state index in [2.05, 4.69) is 10.4 Å². The molecule has 6 nitrogen and oxygen atoms in total. The van der Waals surface area contributed by atoms with Gasteiger partial charge in [0.1, 0.15) is 12.5 Å². The van der Waals surface area contributed by atoms with Crippen molar-refractivity contribution in [1.82, 2.24) is 9.78 Å². The molecule has 6 heteroatoms. The molecule has 0 bridgehead atoms. The Balaban J connectivity index is 1.53. The van der Waals surface area contributed by atoms with Crippen molar-refractivity contribution in [2.75, 3.05) is 18.5 Å². The largest absolute Gasteiger partial charge is 0.484 e. The average Bonchev–Trinajstić information content (AvgIpc) is 3.05. The number of benzene rings is 2. The normalized spacial score (nSPS) is 10.7. The molecule has 0 aliphatic carbocycles. The molecule has 124 valence electrons. The number of hydrogen-bond acceptors (Lipinski definition) is 4. The summed E-state index contributed by atoms with van der Waals surface area (Å²) >= 11 is 0. The molecule has 2 aromatic carbocycles. The molecule has 0 unspecified atom stereocenters. The van der Waals surface area contributed by atoms with Crippen molar-refractivity contribution in [3.8, 4) is 5.75 Å². The Labute approximate surface area is 140 Å². The van der Waals surface area contributed by atoms with E-state index in [-0.39, 0.29) is 12.5 Å². The number of amides is 1. The van der Waals surface area contributed by atoms with Gasteiger partial charge in [-0.2, -0.15) is 5.10 Å². The summed E-state index contributed by atoms with van der Waals surface area (Å²) in [7, 11) is 0. The van der Waals surface area contributed by atoms with Crippen LogP contribution in [0.2, 0.25) is 0 Å². The van der Waals surface area contributed by atoms with Crippen molar-refractivity contribution in [1.29, 1.82) is 0 Å². The van der Waals surface area contributed by atoms with Crippen molar-refractivity contribution in [2.24, 2.45) is 0 Å². The maximum absolute atomic E-state index is 12.0. The van der Waals surface area contributed by atoms with Crippen LogP contribution in [-0.4, -0.2) is 28.9 Å². The highest BCUT2D eigenvalue weighted by Crippen LogP contribution is 2.20. The minimum atomic E-state index is -0.237. The minimum absolute atomic E-state index is 0.0605. The summed E-state index contributed by atoms with van der Waals surface area (Å²) in [5, 5.41) is 9.05. The lowest BCUT2D eigenvalue weighted by Gasteiger charge is -2.07. The summed E-state index contributed by atoms with van der Waals surface area (Å²) in [5.41, 5.74) is 0.613. The van der Waals surface area contributed by atoms with Crippen LogP contribution in [0.1, 0.15) is 6.92 Å². The fourth-order valence-electron chi connectivity index (χ4n) is 2.29. The highest BCUT2D eigenvalue weighted by Gasteiger charge is 2.06. The SMILES string of the molecule is CCOCn1cc(NC(=O)COc2ccc3ccccc3c2)cn1. The van der Waals surface area contributed by atoms with Gasteiger partial charge in [0.25, 0.3) is 5.91 Å². The van der Waals surface area contributed by atoms with Crippen molar-refractivity contribution in [3.05, 3.63) is 54.9 Å². The fourth-order valence-corrected chi connectivity index (χ4v) is 2.29. The van der Waals surface area contributed by atoms with Gasteiger partial charge in [0.2, 0.25) is 0 Å². The summed E-state index contributed by atoms with van der Waals surface area (Å²) in [5.74, 6) is 0.426. The van der Waals surface area contributed by atoms with Crippen LogP contribution in [0, 0.1) is 0 Å². The molecule has 0 aliphatic heterocycles. The van der Waals surface area contributed by atoms with Crippen LogP contribution < -0.4 is 10.1 Å². The van der Waals surface area contributed by atoms with Crippen LogP contribution in [0.5, 0.6) is 5.75 Å². The first-order chi connectivity index (χ1) is 11.7. The average molecular weight is 325 g/mol. The van der Waals surface area contributed by atoms with Gasteiger partial charge in [-0.1, -0.05) is 30.3 Å². The molecule has 1 aromatic heterocycles. The van der Waals surface area contributed by atoms with Crippen LogP contribution in [0.15, 0.2) is 54.9 Å². The van der Waals surface area contributed by atoms with E-state index in [1.165, 1.54) is 0 Å². The fraction of sp³-hybridized carbons (Fsp3) is 0.222. The first kappa shape index (κ1) is 16.0. The predicted molar refractivity (Wildman–Crippen MR) is 91.9 cm³/mol. The van der Waals surface area contributed by atoms with E-state index in [1.807, 2.05) is 49.4 Å². The van der Waals surface area contributed by atoms with Gasteiger partial charge in [0.05, 0.1) is 18.1 Å². The number of nitrogens with one attached hydrogen (secondary N) is 1. The maximum Gasteiger partial charge on any atom is 0.262 e. The second-order valence-electron chi connectivity index (χ2n) is 5.24. The minimum Gasteiger partial charge on any atom is -0.484 e. The van der Waals surface area contributed by atoms with Crippen molar-refractivity contribution >= 4 is 22.4 Å². The van der Waals surface area contributed by atoms with E-state index in [0.29, 0.717) is 24.8 Å². The molecule has 0 spiro atoms. The summed E-state index contributed by atoms with van der Waals surface area (Å²) in [6.45, 7) is 2.83. The van der Waals surface area contributed by atoms with Crippen molar-refractivity contribution in [3.63, 3.8) is 0 Å². The molecule has 1 amide bonds. The van der Waals surface area contributed by atoms with E-state index < -0.39 is 0 Å². The summed E-state index contributed by atoms with van der Waals surface area (Å²) in [4.78, 5) is 12.0. The lowest BCUT2D eigenvalue weighted by atomic mass is 10.1. The Morgan fingerprint density at radius 3 is 2.88 bits per heavy atom. The van der Waals surface area contributed by atoms with Crippen LogP contribution in [0.4, 0.5) is 5.69 Å². The molecule has 0 fully saturated rings. The number of carbonyl (C=O) groups excluding carboxylic acids is 1. The predicted octanol–water partition coefficient (Wildman–Crippen LogP) is 3.05. The summed E-state index contributed by atoms with van der Waals surface area (Å²) < 4.78 is 12.4. The Morgan fingerprint density at radius 1 is 1.21 bits per heavy atom. The molecule has 0 saturated heterocycles. The molecular weight excluding hydrogens is 306 g/mol. The number of anilines is 1. The third-order valence-electron chi connectivity index (χ3n) is 3.44. The molecule has 24 heavy (non-hydrogen) atoms. The second kappa shape index (κ2) is 7.61. The number of aromatic nitrogens is 2. The molecule has 3 aromatic rings. The highest BCUT2D eigenvalue weighted by molar-refractivity contribution is 5.91. The molecule has 1 heterocycles. The van der Waals surface area contributed by atoms with Crippen molar-refractivity contribution in [2.45, 2.75) is 13.7 Å². The van der Waals surface area contributed by atoms with E-state index in [4.69, 9.17) is 9.47 Å². The van der Waals surface area contributed by atoms with Crippen LogP contribution in [0.25, 0.3) is 10.8 Å². The Morgan fingerprint density at radius 2 is 2.04 bits per heavy atom. The Kier molecular flexibility index (Phi) is 5.08. The van der Waals surface area contributed by atoms with E-state index in [0.717, 1.165) is 10.8 Å². The van der Waals surface area contributed by atoms with E-state index >= 15 is 0 Å². The van der Waals surface area contributed by atoms with E-state index in [1.54, 1.807) is 17.1 Å². The van der Waals surface area contributed by atoms with E-state index in [9.17, 15) is 4.79 Å². The maximum atomic E-state index is 12.0. The molecule has 0 saturated carbocycles. The molecule has 3 rings (SSSR count). The summed E-state index contributed by atoms with van der Waals surface area (Å²) in [6, 6.07) is 13.8. The van der Waals surface area contributed by atoms with Gasteiger partial charge in [0, 0.05) is 6.61 Å². The zero-order valence-corrected chi connectivity index (χ0v) is 13.4. The Hall–Kier alpha value is -2.86. The van der Waals surface area contributed by atoms with Gasteiger partial charge in [-0.05, 0) is 29.8 Å². The monoisotopic (exact) mass is 325 g/mol.